The van der Waals surface area contributed by atoms with Gasteiger partial charge in [0.05, 0.1) is 6.61 Å². The van der Waals surface area contributed by atoms with E-state index in [1.54, 1.807) is 0 Å². The van der Waals surface area contributed by atoms with Crippen molar-refractivity contribution in [2.45, 2.75) is 44.7 Å². The van der Waals surface area contributed by atoms with E-state index in [0.717, 1.165) is 45.0 Å². The highest BCUT2D eigenvalue weighted by atomic mass is 19.1. The molecule has 1 aromatic carbocycles. The minimum Gasteiger partial charge on any atom is -0.395 e. The molecule has 3 nitrogen and oxygen atoms in total. The molecule has 5 heteroatoms. The maximum absolute atomic E-state index is 13.6. The van der Waals surface area contributed by atoms with Crippen molar-refractivity contribution in [1.29, 1.82) is 0 Å². The van der Waals surface area contributed by atoms with E-state index in [1.165, 1.54) is 18.6 Å². The van der Waals surface area contributed by atoms with E-state index >= 15 is 0 Å². The third kappa shape index (κ3) is 4.73. The Balaban J connectivity index is 1.67. The van der Waals surface area contributed by atoms with Crippen molar-refractivity contribution in [3.05, 3.63) is 35.4 Å². The van der Waals surface area contributed by atoms with E-state index in [1.807, 2.05) is 6.92 Å². The molecule has 2 rings (SSSR count). The summed E-state index contributed by atoms with van der Waals surface area (Å²) in [7, 11) is 0. The summed E-state index contributed by atoms with van der Waals surface area (Å²) in [5, 5.41) is 12.5. The van der Waals surface area contributed by atoms with Crippen LogP contribution in [0, 0.1) is 11.6 Å². The fourth-order valence-electron chi connectivity index (χ4n) is 3.11. The molecule has 2 N–H and O–H groups in total. The molecule has 1 heterocycles. The number of hydrogen-bond acceptors (Lipinski definition) is 3. The summed E-state index contributed by atoms with van der Waals surface area (Å²) in [6, 6.07) is 3.69. The van der Waals surface area contributed by atoms with Crippen LogP contribution in [0.1, 0.15) is 44.2 Å². The van der Waals surface area contributed by atoms with E-state index in [2.05, 4.69) is 10.2 Å². The van der Waals surface area contributed by atoms with E-state index in [9.17, 15) is 13.9 Å². The first kappa shape index (κ1) is 17.3. The summed E-state index contributed by atoms with van der Waals surface area (Å²) in [4.78, 5) is 2.34. The number of nitrogens with one attached hydrogen (secondary N) is 1. The molecule has 0 bridgehead atoms. The molecule has 2 unspecified atom stereocenters. The standard InChI is InChI=1S/C17H26F2N2O/c1-13(16-11-14(18)6-7-17(16)19)20-8-2-3-9-21-10-4-5-15(21)12-22/h6-7,11,13,15,20,22H,2-5,8-10,12H2,1H3. The number of benzene rings is 1. The Morgan fingerprint density at radius 1 is 1.36 bits per heavy atom. The number of hydrogen-bond donors (Lipinski definition) is 2. The molecular formula is C17H26F2N2O. The van der Waals surface area contributed by atoms with Crippen LogP contribution < -0.4 is 5.32 Å². The van der Waals surface area contributed by atoms with Crippen LogP contribution in [0.5, 0.6) is 0 Å². The van der Waals surface area contributed by atoms with Gasteiger partial charge in [0.2, 0.25) is 0 Å². The highest BCUT2D eigenvalue weighted by Crippen LogP contribution is 2.19. The largest absolute Gasteiger partial charge is 0.395 e. The lowest BCUT2D eigenvalue weighted by atomic mass is 10.1. The maximum Gasteiger partial charge on any atom is 0.128 e. The topological polar surface area (TPSA) is 35.5 Å². The van der Waals surface area contributed by atoms with Crippen molar-refractivity contribution in [3.63, 3.8) is 0 Å². The third-order valence-corrected chi connectivity index (χ3v) is 4.46. The number of halogens is 2. The second-order valence-electron chi connectivity index (χ2n) is 6.06. The summed E-state index contributed by atoms with van der Waals surface area (Å²) in [6.45, 7) is 4.93. The van der Waals surface area contributed by atoms with Crippen LogP contribution in [-0.2, 0) is 0 Å². The molecule has 0 aromatic heterocycles. The monoisotopic (exact) mass is 312 g/mol. The maximum atomic E-state index is 13.6. The molecule has 0 spiro atoms. The van der Waals surface area contributed by atoms with Crippen molar-refractivity contribution in [2.24, 2.45) is 0 Å². The summed E-state index contributed by atoms with van der Waals surface area (Å²) in [6.07, 6.45) is 4.28. The fraction of sp³-hybridized carbons (Fsp3) is 0.647. The van der Waals surface area contributed by atoms with Crippen molar-refractivity contribution in [3.8, 4) is 0 Å². The second-order valence-corrected chi connectivity index (χ2v) is 6.06. The third-order valence-electron chi connectivity index (χ3n) is 4.46. The zero-order chi connectivity index (χ0) is 15.9. The van der Waals surface area contributed by atoms with Crippen LogP contribution in [0.3, 0.4) is 0 Å². The first-order valence-electron chi connectivity index (χ1n) is 8.15. The van der Waals surface area contributed by atoms with Crippen molar-refractivity contribution < 1.29 is 13.9 Å². The average Bonchev–Trinajstić information content (AvgIpc) is 2.96. The second kappa shape index (κ2) is 8.56. The molecule has 0 amide bonds. The summed E-state index contributed by atoms with van der Waals surface area (Å²) in [5.74, 6) is -0.779. The quantitative estimate of drug-likeness (QED) is 0.725. The molecule has 0 aliphatic carbocycles. The van der Waals surface area contributed by atoms with Crippen LogP contribution in [0.2, 0.25) is 0 Å². The molecule has 1 aromatic rings. The normalized spacial score (nSPS) is 20.5. The minimum absolute atomic E-state index is 0.201. The number of rotatable bonds is 8. The van der Waals surface area contributed by atoms with Crippen molar-refractivity contribution >= 4 is 0 Å². The van der Waals surface area contributed by atoms with Crippen molar-refractivity contribution in [2.75, 3.05) is 26.2 Å². The van der Waals surface area contributed by atoms with Gasteiger partial charge < -0.3 is 10.4 Å². The van der Waals surface area contributed by atoms with Gasteiger partial charge in [0, 0.05) is 17.6 Å². The molecule has 22 heavy (non-hydrogen) atoms. The van der Waals surface area contributed by atoms with Gasteiger partial charge in [-0.2, -0.15) is 0 Å². The molecule has 0 radical (unpaired) electrons. The van der Waals surface area contributed by atoms with Gasteiger partial charge in [0.1, 0.15) is 11.6 Å². The summed E-state index contributed by atoms with van der Waals surface area (Å²) >= 11 is 0. The lowest BCUT2D eigenvalue weighted by molar-refractivity contribution is 0.157. The fourth-order valence-corrected chi connectivity index (χ4v) is 3.11. The van der Waals surface area contributed by atoms with Crippen LogP contribution in [0.25, 0.3) is 0 Å². The zero-order valence-corrected chi connectivity index (χ0v) is 13.2. The first-order chi connectivity index (χ1) is 10.6. The molecule has 2 atom stereocenters. The minimum atomic E-state index is -0.408. The molecular weight excluding hydrogens is 286 g/mol. The Kier molecular flexibility index (Phi) is 6.73. The number of nitrogens with zero attached hydrogens (tertiary/aromatic N) is 1. The Labute approximate surface area is 131 Å². The van der Waals surface area contributed by atoms with Gasteiger partial charge >= 0.3 is 0 Å². The SMILES string of the molecule is CC(NCCCCN1CCCC1CO)c1cc(F)ccc1F. The van der Waals surface area contributed by atoms with Gasteiger partial charge in [-0.1, -0.05) is 0 Å². The Bertz CT molecular complexity index is 470. The smallest absolute Gasteiger partial charge is 0.128 e. The van der Waals surface area contributed by atoms with E-state index in [-0.39, 0.29) is 18.5 Å². The van der Waals surface area contributed by atoms with Gasteiger partial charge in [-0.25, -0.2) is 8.78 Å². The molecule has 1 aliphatic heterocycles. The van der Waals surface area contributed by atoms with Gasteiger partial charge in [-0.15, -0.1) is 0 Å². The highest BCUT2D eigenvalue weighted by molar-refractivity contribution is 5.21. The van der Waals surface area contributed by atoms with Crippen molar-refractivity contribution in [1.82, 2.24) is 10.2 Å². The molecule has 124 valence electrons. The first-order valence-corrected chi connectivity index (χ1v) is 8.15. The predicted octanol–water partition coefficient (Wildman–Crippen LogP) is 2.85. The number of aliphatic hydroxyl groups is 1. The van der Waals surface area contributed by atoms with E-state index < -0.39 is 5.82 Å². The summed E-state index contributed by atoms with van der Waals surface area (Å²) < 4.78 is 26.8. The van der Waals surface area contributed by atoms with Gasteiger partial charge in [0.25, 0.3) is 0 Å². The number of likely N-dealkylation sites (tertiary alicyclic amines) is 1. The van der Waals surface area contributed by atoms with Crippen LogP contribution in [0.15, 0.2) is 18.2 Å². The van der Waals surface area contributed by atoms with Crippen LogP contribution >= 0.6 is 0 Å². The lowest BCUT2D eigenvalue weighted by Crippen LogP contribution is -2.33. The highest BCUT2D eigenvalue weighted by Gasteiger charge is 2.22. The van der Waals surface area contributed by atoms with Gasteiger partial charge in [-0.05, 0) is 70.4 Å². The lowest BCUT2D eigenvalue weighted by Gasteiger charge is -2.22. The summed E-state index contributed by atoms with van der Waals surface area (Å²) in [5.41, 5.74) is 0.375. The van der Waals surface area contributed by atoms with E-state index in [0.29, 0.717) is 11.6 Å². The van der Waals surface area contributed by atoms with Crippen LogP contribution in [-0.4, -0.2) is 42.3 Å². The van der Waals surface area contributed by atoms with Crippen LogP contribution in [0.4, 0.5) is 8.78 Å². The average molecular weight is 312 g/mol. The zero-order valence-electron chi connectivity index (χ0n) is 13.2. The van der Waals surface area contributed by atoms with Gasteiger partial charge in [-0.3, -0.25) is 4.90 Å². The van der Waals surface area contributed by atoms with E-state index in [4.69, 9.17) is 0 Å². The molecule has 1 aliphatic rings. The van der Waals surface area contributed by atoms with Gasteiger partial charge in [0.15, 0.2) is 0 Å². The Morgan fingerprint density at radius 3 is 2.95 bits per heavy atom. The number of aliphatic hydroxyl groups excluding tert-OH is 1. The molecule has 1 saturated heterocycles. The Hall–Kier alpha value is -1.04. The Morgan fingerprint density at radius 2 is 2.18 bits per heavy atom. The predicted molar refractivity (Wildman–Crippen MR) is 83.7 cm³/mol. The molecule has 0 saturated carbocycles. The number of unbranched alkanes of at least 4 members (excludes halogenated alkanes) is 1. The molecule has 1 fully saturated rings.